The van der Waals surface area contributed by atoms with Crippen molar-refractivity contribution in [2.45, 2.75) is 39.8 Å². The second kappa shape index (κ2) is 11.3. The van der Waals surface area contributed by atoms with E-state index in [2.05, 4.69) is 36.6 Å². The normalized spacial score (nSPS) is 15.4. The second-order valence-corrected chi connectivity index (χ2v) is 5.33. The number of allylic oxidation sites excluding steroid dienone is 6. The molecule has 4 heteroatoms. The van der Waals surface area contributed by atoms with E-state index in [9.17, 15) is 0 Å². The van der Waals surface area contributed by atoms with Crippen molar-refractivity contribution in [3.05, 3.63) is 47.9 Å². The van der Waals surface area contributed by atoms with Crippen molar-refractivity contribution in [3.8, 4) is 0 Å². The van der Waals surface area contributed by atoms with E-state index in [-0.39, 0.29) is 12.1 Å². The van der Waals surface area contributed by atoms with Crippen LogP contribution < -0.4 is 22.1 Å². The molecule has 2 unspecified atom stereocenters. The molecule has 4 nitrogen and oxygen atoms in total. The highest BCUT2D eigenvalue weighted by Gasteiger charge is 1.94. The lowest BCUT2D eigenvalue weighted by atomic mass is 10.2. The molecule has 0 aliphatic heterocycles. The molecule has 0 aromatic rings. The zero-order valence-corrected chi connectivity index (χ0v) is 13.2. The fourth-order valence-electron chi connectivity index (χ4n) is 1.25. The van der Waals surface area contributed by atoms with Crippen molar-refractivity contribution in [2.75, 3.05) is 13.1 Å². The van der Waals surface area contributed by atoms with Gasteiger partial charge < -0.3 is 22.1 Å². The Balaban J connectivity index is 4.40. The van der Waals surface area contributed by atoms with Gasteiger partial charge in [0.05, 0.1) is 0 Å². The van der Waals surface area contributed by atoms with Crippen molar-refractivity contribution in [1.82, 2.24) is 10.6 Å². The summed E-state index contributed by atoms with van der Waals surface area (Å²) in [6.45, 7) is 9.61. The highest BCUT2D eigenvalue weighted by molar-refractivity contribution is 5.26. The molecule has 114 valence electrons. The molecule has 0 spiro atoms. The molecule has 0 fully saturated rings. The maximum absolute atomic E-state index is 5.75. The fraction of sp³-hybridized carbons (Fsp3) is 0.500. The summed E-state index contributed by atoms with van der Waals surface area (Å²) < 4.78 is 0. The average molecular weight is 278 g/mol. The van der Waals surface area contributed by atoms with Crippen molar-refractivity contribution in [2.24, 2.45) is 11.5 Å². The van der Waals surface area contributed by atoms with E-state index in [0.717, 1.165) is 18.8 Å². The summed E-state index contributed by atoms with van der Waals surface area (Å²) in [7, 11) is 0. The zero-order valence-electron chi connectivity index (χ0n) is 13.2. The van der Waals surface area contributed by atoms with Gasteiger partial charge in [0, 0.05) is 30.9 Å². The van der Waals surface area contributed by atoms with Crippen LogP contribution in [0.4, 0.5) is 0 Å². The van der Waals surface area contributed by atoms with Gasteiger partial charge in [-0.05, 0) is 52.1 Å². The summed E-state index contributed by atoms with van der Waals surface area (Å²) in [6.07, 6.45) is 12.0. The van der Waals surface area contributed by atoms with E-state index >= 15 is 0 Å². The SMILES string of the molecule is CC(C)=CC=C(C=CC=CNCC(C)N)NCC(C)N. The van der Waals surface area contributed by atoms with Crippen LogP contribution in [-0.2, 0) is 0 Å². The summed E-state index contributed by atoms with van der Waals surface area (Å²) >= 11 is 0. The molecular formula is C16H30N4. The molecule has 20 heavy (non-hydrogen) atoms. The van der Waals surface area contributed by atoms with Crippen molar-refractivity contribution in [3.63, 3.8) is 0 Å². The summed E-state index contributed by atoms with van der Waals surface area (Å²) in [5.41, 5.74) is 13.7. The number of hydrogen-bond acceptors (Lipinski definition) is 4. The Morgan fingerprint density at radius 3 is 2.20 bits per heavy atom. The van der Waals surface area contributed by atoms with Gasteiger partial charge in [-0.25, -0.2) is 0 Å². The Hall–Kier alpha value is -1.52. The molecule has 0 saturated heterocycles. The zero-order chi connectivity index (χ0) is 15.4. The molecule has 0 bridgehead atoms. The van der Waals surface area contributed by atoms with Gasteiger partial charge >= 0.3 is 0 Å². The van der Waals surface area contributed by atoms with Gasteiger partial charge in [0.15, 0.2) is 0 Å². The Bertz CT molecular complexity index is 359. The van der Waals surface area contributed by atoms with Gasteiger partial charge in [-0.1, -0.05) is 17.7 Å². The summed E-state index contributed by atoms with van der Waals surface area (Å²) in [4.78, 5) is 0. The van der Waals surface area contributed by atoms with Crippen LogP contribution in [-0.4, -0.2) is 25.2 Å². The molecule has 0 heterocycles. The maximum atomic E-state index is 5.75. The van der Waals surface area contributed by atoms with Crippen LogP contribution >= 0.6 is 0 Å². The molecule has 0 rings (SSSR count). The molecule has 6 N–H and O–H groups in total. The van der Waals surface area contributed by atoms with Crippen molar-refractivity contribution < 1.29 is 0 Å². The van der Waals surface area contributed by atoms with E-state index in [1.807, 2.05) is 38.3 Å². The minimum atomic E-state index is 0.127. The first-order valence-electron chi connectivity index (χ1n) is 7.08. The fourth-order valence-corrected chi connectivity index (χ4v) is 1.25. The highest BCUT2D eigenvalue weighted by Crippen LogP contribution is 1.97. The van der Waals surface area contributed by atoms with Crippen LogP contribution in [0.3, 0.4) is 0 Å². The lowest BCUT2D eigenvalue weighted by Crippen LogP contribution is -2.30. The van der Waals surface area contributed by atoms with E-state index < -0.39 is 0 Å². The topological polar surface area (TPSA) is 76.1 Å². The largest absolute Gasteiger partial charge is 0.389 e. The number of nitrogens with one attached hydrogen (secondary N) is 2. The first-order chi connectivity index (χ1) is 9.41. The Labute approximate surface area is 123 Å². The molecule has 2 atom stereocenters. The van der Waals surface area contributed by atoms with Crippen LogP contribution in [0.1, 0.15) is 27.7 Å². The van der Waals surface area contributed by atoms with Crippen LogP contribution in [0.2, 0.25) is 0 Å². The van der Waals surface area contributed by atoms with E-state index in [1.165, 1.54) is 5.57 Å². The quantitative estimate of drug-likeness (QED) is 0.485. The number of rotatable bonds is 9. The van der Waals surface area contributed by atoms with Crippen molar-refractivity contribution in [1.29, 1.82) is 0 Å². The molecule has 0 saturated carbocycles. The molecule has 0 aromatic carbocycles. The van der Waals surface area contributed by atoms with Crippen LogP contribution in [0.15, 0.2) is 47.9 Å². The van der Waals surface area contributed by atoms with Crippen LogP contribution in [0.5, 0.6) is 0 Å². The van der Waals surface area contributed by atoms with Crippen LogP contribution in [0.25, 0.3) is 0 Å². The average Bonchev–Trinajstić information content (AvgIpc) is 2.34. The summed E-state index contributed by atoms with van der Waals surface area (Å²) in [5.74, 6) is 0. The third-order valence-corrected chi connectivity index (χ3v) is 2.27. The first-order valence-corrected chi connectivity index (χ1v) is 7.08. The Kier molecular flexibility index (Phi) is 10.5. The molecule has 0 amide bonds. The van der Waals surface area contributed by atoms with Crippen molar-refractivity contribution >= 4 is 0 Å². The smallest absolute Gasteiger partial charge is 0.0340 e. The maximum Gasteiger partial charge on any atom is 0.0340 e. The Morgan fingerprint density at radius 2 is 1.65 bits per heavy atom. The lowest BCUT2D eigenvalue weighted by Gasteiger charge is -2.09. The van der Waals surface area contributed by atoms with E-state index in [1.54, 1.807) is 0 Å². The molecule has 0 aromatic heterocycles. The Morgan fingerprint density at radius 1 is 1.00 bits per heavy atom. The molecular weight excluding hydrogens is 248 g/mol. The van der Waals surface area contributed by atoms with Gasteiger partial charge in [-0.2, -0.15) is 0 Å². The van der Waals surface area contributed by atoms with E-state index in [4.69, 9.17) is 11.5 Å². The molecule has 0 aliphatic rings. The second-order valence-electron chi connectivity index (χ2n) is 5.33. The van der Waals surface area contributed by atoms with Gasteiger partial charge in [0.1, 0.15) is 0 Å². The van der Waals surface area contributed by atoms with Gasteiger partial charge in [-0.3, -0.25) is 0 Å². The standard InChI is InChI=1S/C16H30N4/c1-13(2)8-9-16(20-12-15(4)18)7-5-6-10-19-11-14(3)17/h5-10,14-15,19-20H,11-12,17-18H2,1-4H3. The minimum absolute atomic E-state index is 0.127. The van der Waals surface area contributed by atoms with Gasteiger partial charge in [-0.15, -0.1) is 0 Å². The van der Waals surface area contributed by atoms with Gasteiger partial charge in [0.2, 0.25) is 0 Å². The first kappa shape index (κ1) is 18.5. The lowest BCUT2D eigenvalue weighted by molar-refractivity contribution is 0.674. The van der Waals surface area contributed by atoms with E-state index in [0.29, 0.717) is 0 Å². The predicted octanol–water partition coefficient (Wildman–Crippen LogP) is 1.78. The molecule has 0 aliphatic carbocycles. The highest BCUT2D eigenvalue weighted by atomic mass is 14.9. The predicted molar refractivity (Wildman–Crippen MR) is 89.1 cm³/mol. The summed E-state index contributed by atoms with van der Waals surface area (Å²) in [6, 6.07) is 0.284. The number of nitrogens with two attached hydrogens (primary N) is 2. The summed E-state index contributed by atoms with van der Waals surface area (Å²) in [5, 5.41) is 6.44. The monoisotopic (exact) mass is 278 g/mol. The number of hydrogen-bond donors (Lipinski definition) is 4. The minimum Gasteiger partial charge on any atom is -0.389 e. The molecule has 0 radical (unpaired) electrons. The van der Waals surface area contributed by atoms with Gasteiger partial charge in [0.25, 0.3) is 0 Å². The third kappa shape index (κ3) is 12.9. The van der Waals surface area contributed by atoms with Crippen LogP contribution in [0, 0.1) is 0 Å². The third-order valence-electron chi connectivity index (χ3n) is 2.27.